The zero-order valence-corrected chi connectivity index (χ0v) is 10.7. The Balaban J connectivity index is 3.00. The lowest BCUT2D eigenvalue weighted by atomic mass is 9.97. The van der Waals surface area contributed by atoms with Crippen LogP contribution in [0.25, 0.3) is 0 Å². The largest absolute Gasteiger partial charge is 0.466 e. The van der Waals surface area contributed by atoms with Gasteiger partial charge in [-0.15, -0.1) is 0 Å². The summed E-state index contributed by atoms with van der Waals surface area (Å²) in [5, 5.41) is 0. The van der Waals surface area contributed by atoms with Crippen molar-refractivity contribution in [1.82, 2.24) is 0 Å². The molecule has 1 unspecified atom stereocenters. The molecule has 1 aromatic carbocycles. The van der Waals surface area contributed by atoms with Crippen molar-refractivity contribution in [3.63, 3.8) is 0 Å². The highest BCUT2D eigenvalue weighted by atomic mass is 28.2. The molecule has 1 aromatic rings. The number of rotatable bonds is 4. The first kappa shape index (κ1) is 12.3. The van der Waals surface area contributed by atoms with E-state index in [0.717, 1.165) is 5.75 Å². The van der Waals surface area contributed by atoms with Gasteiger partial charge in [0.05, 0.1) is 0 Å². The second-order valence-corrected chi connectivity index (χ2v) is 4.18. The summed E-state index contributed by atoms with van der Waals surface area (Å²) in [4.78, 5) is 0. The molecule has 3 radical (unpaired) electrons. The molecule has 0 aromatic heterocycles. The predicted molar refractivity (Wildman–Crippen MR) is 62.2 cm³/mol. The molecule has 0 spiro atoms. The third-order valence-corrected chi connectivity index (χ3v) is 2.65. The second-order valence-electron chi connectivity index (χ2n) is 3.94. The van der Waals surface area contributed by atoms with Crippen molar-refractivity contribution < 1.29 is 9.16 Å². The standard InChI is InChI=1S/C12H17O2Si/c1-8(2)12-9(3)6-5-7-11(12)13-10(4)14-15/h5-8,10H,1-4H3. The van der Waals surface area contributed by atoms with Crippen LogP contribution in [0.1, 0.15) is 37.8 Å². The fraction of sp³-hybridized carbons (Fsp3) is 0.500. The van der Waals surface area contributed by atoms with Crippen molar-refractivity contribution in [1.29, 1.82) is 0 Å². The number of benzene rings is 1. The minimum atomic E-state index is -0.291. The summed E-state index contributed by atoms with van der Waals surface area (Å²) in [6.45, 7) is 8.27. The summed E-state index contributed by atoms with van der Waals surface area (Å²) < 4.78 is 10.6. The highest BCUT2D eigenvalue weighted by Crippen LogP contribution is 2.30. The lowest BCUT2D eigenvalue weighted by Gasteiger charge is -2.19. The van der Waals surface area contributed by atoms with E-state index in [2.05, 4.69) is 37.3 Å². The van der Waals surface area contributed by atoms with E-state index < -0.39 is 0 Å². The van der Waals surface area contributed by atoms with Crippen LogP contribution in [0.4, 0.5) is 0 Å². The summed E-state index contributed by atoms with van der Waals surface area (Å²) in [5.41, 5.74) is 2.50. The van der Waals surface area contributed by atoms with Crippen LogP contribution in [-0.2, 0) is 4.43 Å². The normalized spacial score (nSPS) is 12.9. The molecule has 3 heteroatoms. The van der Waals surface area contributed by atoms with E-state index in [4.69, 9.17) is 9.16 Å². The number of hydrogen-bond acceptors (Lipinski definition) is 2. The van der Waals surface area contributed by atoms with Gasteiger partial charge in [0.1, 0.15) is 5.75 Å². The fourth-order valence-corrected chi connectivity index (χ4v) is 1.75. The lowest BCUT2D eigenvalue weighted by Crippen LogP contribution is -2.16. The van der Waals surface area contributed by atoms with Gasteiger partial charge < -0.3 is 9.16 Å². The second kappa shape index (κ2) is 5.33. The maximum Gasteiger partial charge on any atom is 0.251 e. The van der Waals surface area contributed by atoms with Gasteiger partial charge in [-0.3, -0.25) is 0 Å². The Morgan fingerprint density at radius 1 is 1.20 bits per heavy atom. The van der Waals surface area contributed by atoms with Crippen LogP contribution in [0.15, 0.2) is 18.2 Å². The van der Waals surface area contributed by atoms with Crippen LogP contribution in [-0.4, -0.2) is 16.8 Å². The zero-order valence-electron chi connectivity index (χ0n) is 9.70. The van der Waals surface area contributed by atoms with Gasteiger partial charge in [-0.2, -0.15) is 0 Å². The number of ether oxygens (including phenoxy) is 1. The molecule has 81 valence electrons. The molecule has 0 saturated heterocycles. The molecule has 0 aliphatic carbocycles. The monoisotopic (exact) mass is 221 g/mol. The van der Waals surface area contributed by atoms with Gasteiger partial charge >= 0.3 is 0 Å². The van der Waals surface area contributed by atoms with E-state index in [1.54, 1.807) is 0 Å². The predicted octanol–water partition coefficient (Wildman–Crippen LogP) is 2.94. The van der Waals surface area contributed by atoms with Crippen LogP contribution >= 0.6 is 0 Å². The minimum absolute atomic E-state index is 0.291. The van der Waals surface area contributed by atoms with E-state index in [9.17, 15) is 0 Å². The fourth-order valence-electron chi connectivity index (χ4n) is 1.70. The maximum atomic E-state index is 5.67. The first-order valence-electron chi connectivity index (χ1n) is 5.14. The number of aryl methyl sites for hydroxylation is 1. The average molecular weight is 221 g/mol. The molecule has 0 aliphatic heterocycles. The van der Waals surface area contributed by atoms with Gasteiger partial charge in [0, 0.05) is 0 Å². The van der Waals surface area contributed by atoms with Crippen molar-refractivity contribution in [3.8, 4) is 5.75 Å². The zero-order chi connectivity index (χ0) is 11.4. The Bertz CT molecular complexity index is 323. The van der Waals surface area contributed by atoms with Gasteiger partial charge in [-0.05, 0) is 37.0 Å². The van der Waals surface area contributed by atoms with E-state index in [1.807, 2.05) is 19.1 Å². The van der Waals surface area contributed by atoms with Gasteiger partial charge in [0.2, 0.25) is 0 Å². The third-order valence-electron chi connectivity index (χ3n) is 2.32. The highest BCUT2D eigenvalue weighted by molar-refractivity contribution is 5.98. The SMILES string of the molecule is Cc1cccc(OC(C)O[Si])c1C(C)C. The van der Waals surface area contributed by atoms with Crippen LogP contribution < -0.4 is 4.74 Å². The molecule has 1 atom stereocenters. The van der Waals surface area contributed by atoms with E-state index in [0.29, 0.717) is 5.92 Å². The van der Waals surface area contributed by atoms with Crippen molar-refractivity contribution in [3.05, 3.63) is 29.3 Å². The summed E-state index contributed by atoms with van der Waals surface area (Å²) in [5.74, 6) is 1.35. The topological polar surface area (TPSA) is 18.5 Å². The van der Waals surface area contributed by atoms with E-state index in [-0.39, 0.29) is 6.29 Å². The molecular formula is C12H17O2Si. The molecule has 0 saturated carbocycles. The molecule has 15 heavy (non-hydrogen) atoms. The molecule has 0 amide bonds. The lowest BCUT2D eigenvalue weighted by molar-refractivity contribution is 0.0286. The maximum absolute atomic E-state index is 5.67. The third kappa shape index (κ3) is 3.07. The van der Waals surface area contributed by atoms with Gasteiger partial charge in [-0.25, -0.2) is 0 Å². The van der Waals surface area contributed by atoms with Gasteiger partial charge in [-0.1, -0.05) is 26.0 Å². The number of hydrogen-bond donors (Lipinski definition) is 0. The molecule has 0 fully saturated rings. The van der Waals surface area contributed by atoms with Crippen molar-refractivity contribution >= 4 is 10.5 Å². The molecular weight excluding hydrogens is 204 g/mol. The Kier molecular flexibility index (Phi) is 4.36. The quantitative estimate of drug-likeness (QED) is 0.575. The van der Waals surface area contributed by atoms with Crippen LogP contribution in [0.5, 0.6) is 5.75 Å². The Hall–Kier alpha value is -0.803. The van der Waals surface area contributed by atoms with Gasteiger partial charge in [0.15, 0.2) is 6.29 Å². The Morgan fingerprint density at radius 2 is 1.87 bits per heavy atom. The molecule has 0 aliphatic rings. The molecule has 0 bridgehead atoms. The Morgan fingerprint density at radius 3 is 2.40 bits per heavy atom. The molecule has 1 rings (SSSR count). The average Bonchev–Trinajstić information content (AvgIpc) is 2.17. The van der Waals surface area contributed by atoms with Crippen LogP contribution in [0, 0.1) is 6.92 Å². The van der Waals surface area contributed by atoms with Crippen LogP contribution in [0.2, 0.25) is 0 Å². The highest BCUT2D eigenvalue weighted by Gasteiger charge is 2.12. The summed E-state index contributed by atoms with van der Waals surface area (Å²) in [6, 6.07) is 6.07. The molecule has 0 heterocycles. The van der Waals surface area contributed by atoms with Crippen molar-refractivity contribution in [2.45, 2.75) is 39.9 Å². The smallest absolute Gasteiger partial charge is 0.251 e. The van der Waals surface area contributed by atoms with Gasteiger partial charge in [0.25, 0.3) is 10.5 Å². The van der Waals surface area contributed by atoms with Crippen molar-refractivity contribution in [2.24, 2.45) is 0 Å². The Labute approximate surface area is 95.1 Å². The van der Waals surface area contributed by atoms with Crippen LogP contribution in [0.3, 0.4) is 0 Å². The minimum Gasteiger partial charge on any atom is -0.466 e. The first-order chi connectivity index (χ1) is 7.06. The summed E-state index contributed by atoms with van der Waals surface area (Å²) in [6.07, 6.45) is -0.291. The van der Waals surface area contributed by atoms with E-state index in [1.165, 1.54) is 11.1 Å². The molecule has 0 N–H and O–H groups in total. The summed E-state index contributed by atoms with van der Waals surface area (Å²) in [7, 11) is 2.97. The molecule has 2 nitrogen and oxygen atoms in total. The van der Waals surface area contributed by atoms with Crippen molar-refractivity contribution in [2.75, 3.05) is 0 Å². The van der Waals surface area contributed by atoms with E-state index >= 15 is 0 Å². The summed E-state index contributed by atoms with van der Waals surface area (Å²) >= 11 is 0. The first-order valence-corrected chi connectivity index (χ1v) is 5.55.